The number of phenolic OH excluding ortho intramolecular Hbond substituents is 1. The maximum absolute atomic E-state index is 13.3. The van der Waals surface area contributed by atoms with Gasteiger partial charge in [-0.2, -0.15) is 8.42 Å². The number of phenols is 1. The van der Waals surface area contributed by atoms with Gasteiger partial charge in [0, 0.05) is 5.92 Å². The minimum absolute atomic E-state index is 0.167. The van der Waals surface area contributed by atoms with Gasteiger partial charge in [-0.3, -0.25) is 28.4 Å². The molecule has 0 saturated heterocycles. The number of carbonyl (C=O) groups excluding carboxylic acids is 3. The number of primary amides is 1. The predicted octanol–water partition coefficient (Wildman–Crippen LogP) is -1.09. The Bertz CT molecular complexity index is 1400. The highest BCUT2D eigenvalue weighted by Crippen LogP contribution is 2.54. The molecule has 0 fully saturated rings. The summed E-state index contributed by atoms with van der Waals surface area (Å²) >= 11 is 0. The van der Waals surface area contributed by atoms with E-state index < -0.39 is 85.9 Å². The quantitative estimate of drug-likeness (QED) is 0.164. The molecule has 4 rings (SSSR count). The topological polar surface area (TPSA) is 256 Å². The summed E-state index contributed by atoms with van der Waals surface area (Å²) in [5, 5.41) is 54.8. The Hall–Kier alpha value is -3.60. The standard InChI is InChI=1S/C22H22N2O8.H2O4S/c1-7-8-5-4-6-9(25)11(8)16(26)12-10(7)17(27)14-15(24(2)3)18(28)13(21(23)31)20(30)22(14,32)19(12)29;1-5(2,3)4/h4-6,10,14-15,17,25,27-29,32H,1H2,2-3H3,(H2,23,31);(H2,1,2,3,4)/t10-,14-,15+,17+,22+;/m1./s1. The number of nitrogens with zero attached hydrogens (tertiary/aromatic N) is 1. The van der Waals surface area contributed by atoms with Crippen LogP contribution in [0.3, 0.4) is 0 Å². The predicted molar refractivity (Wildman–Crippen MR) is 125 cm³/mol. The molecular weight excluding hydrogens is 516 g/mol. The second kappa shape index (κ2) is 9.05. The molecule has 0 bridgehead atoms. The van der Waals surface area contributed by atoms with Gasteiger partial charge in [0.15, 0.2) is 11.4 Å². The number of fused-ring (bicyclic) bond motifs is 3. The van der Waals surface area contributed by atoms with E-state index in [-0.39, 0.29) is 16.7 Å². The Morgan fingerprint density at radius 2 is 1.68 bits per heavy atom. The van der Waals surface area contributed by atoms with Crippen molar-refractivity contribution in [2.24, 2.45) is 17.6 Å². The number of benzene rings is 1. The zero-order valence-corrected chi connectivity index (χ0v) is 20.2. The van der Waals surface area contributed by atoms with Crippen molar-refractivity contribution in [3.63, 3.8) is 0 Å². The number of ketones is 2. The SMILES string of the molecule is C=C1c2cccc(O)c2C(=O)C2=C(O)[C@]3(O)C(=O)C(C(N)=O)=C(O)[C@@H](N(C)C)[C@@H]3[C@@H](O)[C@H]12.O=S(=O)(O)O. The number of aliphatic hydroxyl groups is 4. The Kier molecular flexibility index (Phi) is 6.85. The number of Topliss-reactive ketones (excluding diaryl/α,β-unsaturated/α-hetero) is 2. The zero-order chi connectivity index (χ0) is 28.4. The fourth-order valence-electron chi connectivity index (χ4n) is 5.22. The second-order valence-electron chi connectivity index (χ2n) is 8.89. The average molecular weight is 541 g/mol. The highest BCUT2D eigenvalue weighted by atomic mass is 32.3. The first-order valence-electron chi connectivity index (χ1n) is 10.4. The first-order chi connectivity index (χ1) is 16.9. The molecule has 0 aromatic heterocycles. The number of likely N-dealkylation sites (N-methyl/N-ethyl adjacent to an activating group) is 1. The van der Waals surface area contributed by atoms with Crippen LogP contribution in [-0.4, -0.2) is 97.3 Å². The maximum atomic E-state index is 13.3. The molecule has 0 radical (unpaired) electrons. The Balaban J connectivity index is 0.000000695. The molecule has 9 N–H and O–H groups in total. The molecule has 0 unspecified atom stereocenters. The van der Waals surface area contributed by atoms with Crippen LogP contribution in [0.15, 0.2) is 47.4 Å². The molecule has 200 valence electrons. The molecule has 5 atom stereocenters. The lowest BCUT2D eigenvalue weighted by molar-refractivity contribution is -0.159. The molecular formula is C22H24N2O12S. The molecule has 0 aliphatic heterocycles. The van der Waals surface area contributed by atoms with Crippen LogP contribution in [0.5, 0.6) is 5.75 Å². The van der Waals surface area contributed by atoms with E-state index in [1.165, 1.54) is 37.2 Å². The number of aliphatic hydroxyl groups excluding tert-OH is 3. The summed E-state index contributed by atoms with van der Waals surface area (Å²) in [6.45, 7) is 3.91. The highest BCUT2D eigenvalue weighted by Gasteiger charge is 2.67. The third-order valence-electron chi connectivity index (χ3n) is 6.61. The minimum Gasteiger partial charge on any atom is -0.510 e. The van der Waals surface area contributed by atoms with E-state index in [1.54, 1.807) is 0 Å². The summed E-state index contributed by atoms with van der Waals surface area (Å²) in [6.07, 6.45) is -1.69. The van der Waals surface area contributed by atoms with E-state index in [1.807, 2.05) is 0 Å². The number of hydrogen-bond donors (Lipinski definition) is 8. The molecule has 1 amide bonds. The molecule has 0 saturated carbocycles. The normalized spacial score (nSPS) is 29.3. The number of amides is 1. The Labute approximate surface area is 209 Å². The van der Waals surface area contributed by atoms with Crippen LogP contribution in [0, 0.1) is 11.8 Å². The van der Waals surface area contributed by atoms with Gasteiger partial charge in [0.05, 0.1) is 29.2 Å². The number of rotatable bonds is 2. The third-order valence-corrected chi connectivity index (χ3v) is 6.61. The second-order valence-corrected chi connectivity index (χ2v) is 9.78. The van der Waals surface area contributed by atoms with Gasteiger partial charge in [-0.25, -0.2) is 0 Å². The smallest absolute Gasteiger partial charge is 0.394 e. The van der Waals surface area contributed by atoms with Crippen molar-refractivity contribution < 1.29 is 57.4 Å². The fraction of sp³-hybridized carbons (Fsp3) is 0.318. The van der Waals surface area contributed by atoms with Crippen molar-refractivity contribution in [3.05, 3.63) is 58.6 Å². The molecule has 14 nitrogen and oxygen atoms in total. The number of aromatic hydroxyl groups is 1. The van der Waals surface area contributed by atoms with Crippen LogP contribution in [0.4, 0.5) is 0 Å². The Morgan fingerprint density at radius 1 is 1.14 bits per heavy atom. The summed E-state index contributed by atoms with van der Waals surface area (Å²) < 4.78 is 31.6. The van der Waals surface area contributed by atoms with Gasteiger partial charge >= 0.3 is 10.4 Å². The van der Waals surface area contributed by atoms with E-state index >= 15 is 0 Å². The summed E-state index contributed by atoms with van der Waals surface area (Å²) in [6, 6.07) is 2.92. The third kappa shape index (κ3) is 4.20. The van der Waals surface area contributed by atoms with Gasteiger partial charge < -0.3 is 31.3 Å². The van der Waals surface area contributed by atoms with Crippen LogP contribution in [-0.2, 0) is 20.0 Å². The van der Waals surface area contributed by atoms with Gasteiger partial charge in [-0.15, -0.1) is 0 Å². The van der Waals surface area contributed by atoms with Gasteiger partial charge in [-0.05, 0) is 31.3 Å². The average Bonchev–Trinajstić information content (AvgIpc) is 2.74. The maximum Gasteiger partial charge on any atom is 0.394 e. The monoisotopic (exact) mass is 540 g/mol. The van der Waals surface area contributed by atoms with Crippen LogP contribution in [0.2, 0.25) is 0 Å². The first kappa shape index (κ1) is 28.0. The lowest BCUT2D eigenvalue weighted by Gasteiger charge is -2.52. The molecule has 1 aromatic carbocycles. The molecule has 0 heterocycles. The number of hydrogen-bond acceptors (Lipinski definition) is 11. The van der Waals surface area contributed by atoms with E-state index in [4.69, 9.17) is 23.3 Å². The van der Waals surface area contributed by atoms with Gasteiger partial charge in [0.25, 0.3) is 5.91 Å². The van der Waals surface area contributed by atoms with Crippen molar-refractivity contribution in [2.45, 2.75) is 17.7 Å². The summed E-state index contributed by atoms with van der Waals surface area (Å²) in [5.74, 6) is -8.77. The molecule has 1 aromatic rings. The fourth-order valence-corrected chi connectivity index (χ4v) is 5.22. The minimum atomic E-state index is -4.67. The van der Waals surface area contributed by atoms with Crippen molar-refractivity contribution >= 4 is 33.4 Å². The van der Waals surface area contributed by atoms with E-state index in [9.17, 15) is 39.9 Å². The molecule has 37 heavy (non-hydrogen) atoms. The number of carbonyl (C=O) groups is 3. The largest absolute Gasteiger partial charge is 0.510 e. The van der Waals surface area contributed by atoms with Crippen molar-refractivity contribution in [3.8, 4) is 5.75 Å². The highest BCUT2D eigenvalue weighted by molar-refractivity contribution is 7.79. The van der Waals surface area contributed by atoms with Crippen LogP contribution in [0.1, 0.15) is 15.9 Å². The molecule has 3 aliphatic carbocycles. The summed E-state index contributed by atoms with van der Waals surface area (Å²) in [7, 11) is -1.74. The van der Waals surface area contributed by atoms with E-state index in [0.29, 0.717) is 0 Å². The van der Waals surface area contributed by atoms with E-state index in [0.717, 1.165) is 0 Å². The summed E-state index contributed by atoms with van der Waals surface area (Å²) in [5.41, 5.74) is 1.06. The first-order valence-corrected chi connectivity index (χ1v) is 11.8. The van der Waals surface area contributed by atoms with Gasteiger partial charge in [0.2, 0.25) is 5.78 Å². The van der Waals surface area contributed by atoms with Crippen LogP contribution in [0.25, 0.3) is 5.57 Å². The number of nitrogens with two attached hydrogens (primary N) is 1. The van der Waals surface area contributed by atoms with Crippen molar-refractivity contribution in [2.75, 3.05) is 14.1 Å². The van der Waals surface area contributed by atoms with Crippen molar-refractivity contribution in [1.29, 1.82) is 0 Å². The Morgan fingerprint density at radius 3 is 2.16 bits per heavy atom. The van der Waals surface area contributed by atoms with Gasteiger partial charge in [-0.1, -0.05) is 18.7 Å². The van der Waals surface area contributed by atoms with Gasteiger partial charge in [0.1, 0.15) is 22.8 Å². The van der Waals surface area contributed by atoms with Crippen LogP contribution >= 0.6 is 0 Å². The zero-order valence-electron chi connectivity index (χ0n) is 19.4. The molecule has 15 heteroatoms. The molecule has 0 spiro atoms. The van der Waals surface area contributed by atoms with E-state index in [2.05, 4.69) is 6.58 Å². The lowest BCUT2D eigenvalue weighted by atomic mass is 9.56. The lowest BCUT2D eigenvalue weighted by Crippen LogP contribution is -2.68. The van der Waals surface area contributed by atoms with Crippen molar-refractivity contribution in [1.82, 2.24) is 4.90 Å². The van der Waals surface area contributed by atoms with Crippen LogP contribution < -0.4 is 5.73 Å². The molecule has 3 aliphatic rings. The summed E-state index contributed by atoms with van der Waals surface area (Å²) in [4.78, 5) is 39.7.